The van der Waals surface area contributed by atoms with Crippen LogP contribution in [0.15, 0.2) is 42.5 Å². The summed E-state index contributed by atoms with van der Waals surface area (Å²) < 4.78 is 5.81. The van der Waals surface area contributed by atoms with E-state index in [1.54, 1.807) is 4.57 Å². The molecule has 116 valence electrons. The van der Waals surface area contributed by atoms with Gasteiger partial charge in [-0.1, -0.05) is 29.8 Å². The zero-order valence-electron chi connectivity index (χ0n) is 12.9. The smallest absolute Gasteiger partial charge is 0.203 e. The van der Waals surface area contributed by atoms with Crippen LogP contribution in [0, 0.1) is 5.41 Å². The maximum absolute atomic E-state index is 8.40. The molecule has 4 aromatic rings. The van der Waals surface area contributed by atoms with Crippen LogP contribution >= 0.6 is 11.6 Å². The molecule has 23 heavy (non-hydrogen) atoms. The SMILES string of the molecule is Cn1c(Cn2c(=N)n(C)c3c(Cl)cccc32)nc2ccccc21. The maximum Gasteiger partial charge on any atom is 0.203 e. The largest absolute Gasteiger partial charge is 0.330 e. The predicted molar refractivity (Wildman–Crippen MR) is 91.6 cm³/mol. The highest BCUT2D eigenvalue weighted by atomic mass is 35.5. The van der Waals surface area contributed by atoms with Crippen LogP contribution in [0.1, 0.15) is 5.82 Å². The standard InChI is InChI=1S/C17H16ClN5/c1-21-13-8-4-3-7-12(13)20-15(21)10-23-14-9-5-6-11(18)16(14)22(2)17(23)19/h3-9,19H,10H2,1-2H3. The zero-order chi connectivity index (χ0) is 16.1. The minimum atomic E-state index is 0.403. The Morgan fingerprint density at radius 1 is 1.00 bits per heavy atom. The number of benzene rings is 2. The summed E-state index contributed by atoms with van der Waals surface area (Å²) in [7, 11) is 3.87. The molecule has 0 aliphatic heterocycles. The first kappa shape index (κ1) is 14.1. The van der Waals surface area contributed by atoms with Crippen LogP contribution in [0.3, 0.4) is 0 Å². The zero-order valence-corrected chi connectivity index (χ0v) is 13.7. The number of hydrogen-bond donors (Lipinski definition) is 1. The van der Waals surface area contributed by atoms with Gasteiger partial charge in [-0.3, -0.25) is 5.41 Å². The Balaban J connectivity index is 1.93. The molecule has 0 saturated carbocycles. The normalized spacial score (nSPS) is 11.6. The number of fused-ring (bicyclic) bond motifs is 2. The van der Waals surface area contributed by atoms with Crippen LogP contribution in [-0.4, -0.2) is 18.7 Å². The van der Waals surface area contributed by atoms with Crippen molar-refractivity contribution in [3.63, 3.8) is 0 Å². The third kappa shape index (κ3) is 2.00. The molecule has 0 fully saturated rings. The molecule has 0 spiro atoms. The quantitative estimate of drug-likeness (QED) is 0.605. The number of para-hydroxylation sites is 3. The molecule has 2 aromatic heterocycles. The van der Waals surface area contributed by atoms with Crippen molar-refractivity contribution in [1.29, 1.82) is 5.41 Å². The van der Waals surface area contributed by atoms with Crippen molar-refractivity contribution in [2.45, 2.75) is 6.54 Å². The number of hydrogen-bond acceptors (Lipinski definition) is 2. The van der Waals surface area contributed by atoms with E-state index >= 15 is 0 Å². The number of imidazole rings is 2. The van der Waals surface area contributed by atoms with Crippen LogP contribution in [0.2, 0.25) is 5.02 Å². The lowest BCUT2D eigenvalue weighted by Gasteiger charge is -2.05. The van der Waals surface area contributed by atoms with Crippen molar-refractivity contribution in [2.75, 3.05) is 0 Å². The lowest BCUT2D eigenvalue weighted by atomic mass is 10.3. The topological polar surface area (TPSA) is 51.5 Å². The van der Waals surface area contributed by atoms with Crippen LogP contribution in [0.4, 0.5) is 0 Å². The van der Waals surface area contributed by atoms with Crippen molar-refractivity contribution in [3.8, 4) is 0 Å². The fourth-order valence-electron chi connectivity index (χ4n) is 3.09. The van der Waals surface area contributed by atoms with E-state index in [1.807, 2.05) is 55.1 Å². The molecule has 0 atom stereocenters. The highest BCUT2D eigenvalue weighted by molar-refractivity contribution is 6.35. The summed E-state index contributed by atoms with van der Waals surface area (Å²) in [5, 5.41) is 9.06. The Morgan fingerprint density at radius 2 is 1.74 bits per heavy atom. The first-order valence-electron chi connectivity index (χ1n) is 7.36. The molecule has 1 N–H and O–H groups in total. The molecule has 0 saturated heterocycles. The summed E-state index contributed by atoms with van der Waals surface area (Å²) in [4.78, 5) is 4.70. The van der Waals surface area contributed by atoms with Crippen LogP contribution < -0.4 is 5.62 Å². The van der Waals surface area contributed by atoms with E-state index in [9.17, 15) is 0 Å². The van der Waals surface area contributed by atoms with Gasteiger partial charge in [-0.05, 0) is 24.3 Å². The van der Waals surface area contributed by atoms with Crippen molar-refractivity contribution in [2.24, 2.45) is 14.1 Å². The number of halogens is 1. The number of nitrogens with zero attached hydrogens (tertiary/aromatic N) is 4. The third-order valence-electron chi connectivity index (χ3n) is 4.34. The Labute approximate surface area is 137 Å². The van der Waals surface area contributed by atoms with Gasteiger partial charge in [0, 0.05) is 14.1 Å². The Hall–Kier alpha value is -2.53. The molecule has 2 aromatic carbocycles. The third-order valence-corrected chi connectivity index (χ3v) is 4.65. The average molecular weight is 326 g/mol. The van der Waals surface area contributed by atoms with Gasteiger partial charge >= 0.3 is 0 Å². The molecule has 0 aliphatic carbocycles. The van der Waals surface area contributed by atoms with Gasteiger partial charge in [0.15, 0.2) is 0 Å². The van der Waals surface area contributed by atoms with Gasteiger partial charge in [-0.25, -0.2) is 4.98 Å². The fourth-order valence-corrected chi connectivity index (χ4v) is 3.39. The second kappa shape index (κ2) is 4.99. The van der Waals surface area contributed by atoms with Gasteiger partial charge in [-0.2, -0.15) is 0 Å². The van der Waals surface area contributed by atoms with Gasteiger partial charge in [0.1, 0.15) is 5.82 Å². The molecule has 0 aliphatic rings. The summed E-state index contributed by atoms with van der Waals surface area (Å²) in [6.07, 6.45) is 0. The van der Waals surface area contributed by atoms with Gasteiger partial charge in [-0.15, -0.1) is 0 Å². The van der Waals surface area contributed by atoms with Gasteiger partial charge in [0.05, 0.1) is 33.6 Å². The highest BCUT2D eigenvalue weighted by Crippen LogP contribution is 2.23. The molecule has 0 amide bonds. The number of rotatable bonds is 2. The van der Waals surface area contributed by atoms with Crippen LogP contribution in [0.5, 0.6) is 0 Å². The van der Waals surface area contributed by atoms with Crippen molar-refractivity contribution in [1.82, 2.24) is 18.7 Å². The van der Waals surface area contributed by atoms with E-state index < -0.39 is 0 Å². The lowest BCUT2D eigenvalue weighted by molar-refractivity contribution is 0.654. The van der Waals surface area contributed by atoms with E-state index in [1.165, 1.54) is 0 Å². The fraction of sp³-hybridized carbons (Fsp3) is 0.176. The van der Waals surface area contributed by atoms with E-state index in [0.29, 0.717) is 17.2 Å². The molecular weight excluding hydrogens is 310 g/mol. The lowest BCUT2D eigenvalue weighted by Crippen LogP contribution is -2.24. The minimum absolute atomic E-state index is 0.403. The number of aryl methyl sites for hydroxylation is 2. The van der Waals surface area contributed by atoms with Crippen LogP contribution in [-0.2, 0) is 20.6 Å². The maximum atomic E-state index is 8.40. The number of aromatic nitrogens is 4. The first-order valence-corrected chi connectivity index (χ1v) is 7.74. The average Bonchev–Trinajstić information content (AvgIpc) is 2.99. The molecular formula is C17H16ClN5. The molecule has 6 heteroatoms. The molecule has 0 unspecified atom stereocenters. The molecule has 0 bridgehead atoms. The Morgan fingerprint density at radius 3 is 2.52 bits per heavy atom. The second-order valence-electron chi connectivity index (χ2n) is 5.65. The van der Waals surface area contributed by atoms with E-state index in [0.717, 1.165) is 27.9 Å². The van der Waals surface area contributed by atoms with Gasteiger partial charge in [0.25, 0.3) is 0 Å². The molecule has 0 radical (unpaired) electrons. The van der Waals surface area contributed by atoms with E-state index in [-0.39, 0.29) is 0 Å². The highest BCUT2D eigenvalue weighted by Gasteiger charge is 2.14. The Kier molecular flexibility index (Phi) is 3.06. The van der Waals surface area contributed by atoms with Crippen LogP contribution in [0.25, 0.3) is 22.1 Å². The molecule has 2 heterocycles. The summed E-state index contributed by atoms with van der Waals surface area (Å²) in [6.45, 7) is 0.529. The van der Waals surface area contributed by atoms with Gasteiger partial charge in [0.2, 0.25) is 5.62 Å². The first-order chi connectivity index (χ1) is 11.1. The van der Waals surface area contributed by atoms with Crippen molar-refractivity contribution < 1.29 is 0 Å². The second-order valence-corrected chi connectivity index (χ2v) is 6.06. The summed E-state index contributed by atoms with van der Waals surface area (Å²) in [5.74, 6) is 0.914. The molecule has 5 nitrogen and oxygen atoms in total. The van der Waals surface area contributed by atoms with E-state index in [2.05, 4.69) is 10.6 Å². The number of nitrogens with one attached hydrogen (secondary N) is 1. The minimum Gasteiger partial charge on any atom is -0.330 e. The van der Waals surface area contributed by atoms with E-state index in [4.69, 9.17) is 22.0 Å². The van der Waals surface area contributed by atoms with Crippen molar-refractivity contribution in [3.05, 3.63) is 58.9 Å². The monoisotopic (exact) mass is 325 g/mol. The van der Waals surface area contributed by atoms with Crippen molar-refractivity contribution >= 4 is 33.7 Å². The molecule has 4 rings (SSSR count). The summed E-state index contributed by atoms with van der Waals surface area (Å²) in [5.41, 5.74) is 4.28. The van der Waals surface area contributed by atoms with Gasteiger partial charge < -0.3 is 13.7 Å². The summed E-state index contributed by atoms with van der Waals surface area (Å²) >= 11 is 6.31. The summed E-state index contributed by atoms with van der Waals surface area (Å²) in [6, 6.07) is 13.8. The Bertz CT molecular complexity index is 1100. The predicted octanol–water partition coefficient (Wildman–Crippen LogP) is 3.05.